The van der Waals surface area contributed by atoms with Gasteiger partial charge in [-0.25, -0.2) is 23.5 Å². The van der Waals surface area contributed by atoms with E-state index < -0.39 is 64.8 Å². The molecule has 4 heterocycles. The quantitative estimate of drug-likeness (QED) is 0.0391. The van der Waals surface area contributed by atoms with E-state index in [0.29, 0.717) is 67.7 Å². The number of hydrogen-bond donors (Lipinski definition) is 6. The fraction of sp³-hybridized carbons (Fsp3) is 0.519. The van der Waals surface area contributed by atoms with E-state index in [1.165, 1.54) is 26.7 Å². The van der Waals surface area contributed by atoms with Crippen molar-refractivity contribution in [2.24, 2.45) is 17.6 Å². The summed E-state index contributed by atoms with van der Waals surface area (Å²) in [4.78, 5) is 118. The number of rotatable bonds is 25. The van der Waals surface area contributed by atoms with Gasteiger partial charge in [0.05, 0.1) is 23.4 Å². The fourth-order valence-electron chi connectivity index (χ4n) is 9.22. The fourth-order valence-corrected chi connectivity index (χ4v) is 9.22. The maximum atomic E-state index is 15.4. The van der Waals surface area contributed by atoms with Gasteiger partial charge >= 0.3 is 18.1 Å². The van der Waals surface area contributed by atoms with Crippen LogP contribution in [0.2, 0.25) is 0 Å². The summed E-state index contributed by atoms with van der Waals surface area (Å²) in [5.74, 6) is -3.70. The first-order valence-electron chi connectivity index (χ1n) is 25.8. The molecule has 7 N–H and O–H groups in total. The number of nitrogens with one attached hydrogen (secondary N) is 4. The molecule has 2 aliphatic heterocycles. The molecule has 0 spiro atoms. The number of hydrogen-bond acceptors (Lipinski definition) is 13. The number of carboxylic acid groups (broad SMARTS) is 1. The minimum Gasteiger partial charge on any atom is -0.477 e. The van der Waals surface area contributed by atoms with Gasteiger partial charge in [-0.3, -0.25) is 33.7 Å². The summed E-state index contributed by atoms with van der Waals surface area (Å²) in [6, 6.07) is 6.12. The zero-order valence-corrected chi connectivity index (χ0v) is 43.6. The van der Waals surface area contributed by atoms with Gasteiger partial charge < -0.3 is 51.2 Å². The zero-order valence-electron chi connectivity index (χ0n) is 43.6. The summed E-state index contributed by atoms with van der Waals surface area (Å²) in [5, 5.41) is 29.5. The van der Waals surface area contributed by atoms with Gasteiger partial charge in [0, 0.05) is 82.3 Å². The number of aromatic nitrogens is 4. The molecule has 0 unspecified atom stereocenters. The molecule has 76 heavy (non-hydrogen) atoms. The van der Waals surface area contributed by atoms with Gasteiger partial charge in [0.25, 0.3) is 0 Å². The summed E-state index contributed by atoms with van der Waals surface area (Å²) >= 11 is 0. The van der Waals surface area contributed by atoms with Crippen LogP contribution in [0.15, 0.2) is 53.6 Å². The van der Waals surface area contributed by atoms with Crippen LogP contribution in [0.4, 0.5) is 25.4 Å². The van der Waals surface area contributed by atoms with Crippen molar-refractivity contribution in [3.8, 4) is 0 Å². The number of primary amides is 1. The predicted molar refractivity (Wildman–Crippen MR) is 277 cm³/mol. The van der Waals surface area contributed by atoms with Gasteiger partial charge in [0.15, 0.2) is 0 Å². The van der Waals surface area contributed by atoms with E-state index >= 15 is 4.39 Å². The Labute approximate surface area is 439 Å². The Morgan fingerprint density at radius 1 is 0.868 bits per heavy atom. The van der Waals surface area contributed by atoms with Crippen molar-refractivity contribution in [2.75, 3.05) is 49.5 Å². The maximum Gasteiger partial charge on any atom is 0.410 e. The van der Waals surface area contributed by atoms with Gasteiger partial charge in [-0.2, -0.15) is 0 Å². The molecular formula is C52H69FN12O11. The Bertz CT molecular complexity index is 2810. The van der Waals surface area contributed by atoms with Gasteiger partial charge in [-0.15, -0.1) is 5.10 Å². The highest BCUT2D eigenvalue weighted by atomic mass is 19.1. The van der Waals surface area contributed by atoms with Crippen LogP contribution in [0.5, 0.6) is 0 Å². The van der Waals surface area contributed by atoms with Crippen molar-refractivity contribution < 1.29 is 52.6 Å². The number of aromatic carboxylic acids is 1. The van der Waals surface area contributed by atoms with Gasteiger partial charge in [0.2, 0.25) is 35.0 Å². The van der Waals surface area contributed by atoms with Crippen molar-refractivity contribution in [2.45, 2.75) is 124 Å². The van der Waals surface area contributed by atoms with Crippen LogP contribution in [-0.2, 0) is 41.9 Å². The number of nitrogens with two attached hydrogens (primary N) is 1. The molecule has 2 aliphatic rings. The van der Waals surface area contributed by atoms with E-state index in [-0.39, 0.29) is 106 Å². The van der Waals surface area contributed by atoms with E-state index in [1.54, 1.807) is 46.9 Å². The van der Waals surface area contributed by atoms with Gasteiger partial charge in [-0.05, 0) is 80.7 Å². The number of halogens is 1. The monoisotopic (exact) mass is 1060 g/mol. The number of fused-ring (bicyclic) bond motifs is 1. The predicted octanol–water partition coefficient (Wildman–Crippen LogP) is 4.59. The summed E-state index contributed by atoms with van der Waals surface area (Å²) in [7, 11) is 0. The number of likely N-dealkylation sites (tertiary alicyclic amines) is 1. The van der Waals surface area contributed by atoms with Crippen LogP contribution >= 0.6 is 0 Å². The van der Waals surface area contributed by atoms with Gasteiger partial charge in [-0.1, -0.05) is 51.5 Å². The first kappa shape index (κ1) is 57.4. The molecule has 8 amide bonds. The van der Waals surface area contributed by atoms with Crippen LogP contribution in [0, 0.1) is 17.7 Å². The molecule has 2 aromatic heterocycles. The third-order valence-corrected chi connectivity index (χ3v) is 13.4. The second-order valence-corrected chi connectivity index (χ2v) is 19.8. The topological polar surface area (TPSA) is 303 Å². The van der Waals surface area contributed by atoms with Crippen molar-refractivity contribution in [3.63, 3.8) is 0 Å². The number of carbonyl (C=O) groups is 8. The van der Waals surface area contributed by atoms with Crippen LogP contribution in [0.25, 0.3) is 10.9 Å². The molecule has 3 atom stereocenters. The number of aryl methyl sites for hydroxylation is 1. The normalized spacial score (nSPS) is 15.0. The highest BCUT2D eigenvalue weighted by Gasteiger charge is 2.31. The molecule has 0 bridgehead atoms. The standard InChI is InChI=1S/C52H69FN12O11/c1-6-61-28-36(50(72)73)47(69)35-26-37(53)42(27-41(35)61)62-21-23-63(24-22-62)52(75)76-30-33-13-15-34(16-14-33)56-49(71)40(11-10-19-55-51(54)74)65-29-39(59-60-65)46(32(4)5)58-48(70)38(25-31(2)3)57-43(66)12-8-7-9-20-64-44(67)17-18-45(64)68/h13-16,26-29,31-32,38,40,46H,6-12,17-25,30H2,1-5H3,(H,56,71)(H,57,66)(H,58,70)(H,72,73)(H3,54,55,74)/t38-,40+,46+/m1/s1. The lowest BCUT2D eigenvalue weighted by molar-refractivity contribution is -0.138. The lowest BCUT2D eigenvalue weighted by Crippen LogP contribution is -2.49. The molecule has 0 saturated carbocycles. The zero-order chi connectivity index (χ0) is 55.2. The number of ether oxygens (including phenoxy) is 1. The number of amides is 8. The second-order valence-electron chi connectivity index (χ2n) is 19.8. The third kappa shape index (κ3) is 15.1. The van der Waals surface area contributed by atoms with Gasteiger partial charge in [0.1, 0.15) is 35.8 Å². The van der Waals surface area contributed by atoms with Crippen molar-refractivity contribution in [3.05, 3.63) is 81.7 Å². The Kier molecular flexibility index (Phi) is 20.0. The third-order valence-electron chi connectivity index (χ3n) is 13.4. The second kappa shape index (κ2) is 26.5. The van der Waals surface area contributed by atoms with Crippen LogP contribution in [0.3, 0.4) is 0 Å². The van der Waals surface area contributed by atoms with E-state index in [0.717, 1.165) is 6.07 Å². The number of pyridine rings is 1. The van der Waals surface area contributed by atoms with Crippen molar-refractivity contribution >= 4 is 69.9 Å². The number of urea groups is 1. The Hall–Kier alpha value is -7.92. The average Bonchev–Trinajstić information content (AvgIpc) is 4.01. The van der Waals surface area contributed by atoms with Crippen LogP contribution < -0.4 is 37.3 Å². The number of carboxylic acids is 1. The van der Waals surface area contributed by atoms with Crippen molar-refractivity contribution in [1.82, 2.24) is 45.3 Å². The van der Waals surface area contributed by atoms with Crippen LogP contribution in [-0.4, -0.2) is 127 Å². The molecule has 410 valence electrons. The molecular weight excluding hydrogens is 988 g/mol. The number of carbonyl (C=O) groups excluding carboxylic acids is 7. The Morgan fingerprint density at radius 3 is 2.20 bits per heavy atom. The minimum absolute atomic E-state index is 0.0357. The minimum atomic E-state index is -1.39. The Morgan fingerprint density at radius 2 is 1.57 bits per heavy atom. The summed E-state index contributed by atoms with van der Waals surface area (Å²) < 4.78 is 24.0. The summed E-state index contributed by atoms with van der Waals surface area (Å²) in [6.45, 7) is 11.2. The molecule has 4 aromatic rings. The smallest absolute Gasteiger partial charge is 0.410 e. The molecule has 24 heteroatoms. The number of imide groups is 1. The molecule has 2 saturated heterocycles. The van der Waals surface area contributed by atoms with E-state index in [4.69, 9.17) is 10.5 Å². The molecule has 0 radical (unpaired) electrons. The van der Waals surface area contributed by atoms with Crippen molar-refractivity contribution in [1.29, 1.82) is 0 Å². The first-order chi connectivity index (χ1) is 36.2. The Balaban J connectivity index is 1.03. The largest absolute Gasteiger partial charge is 0.477 e. The highest BCUT2D eigenvalue weighted by Crippen LogP contribution is 2.28. The molecule has 2 aromatic carbocycles. The average molecular weight is 1060 g/mol. The summed E-state index contributed by atoms with van der Waals surface area (Å²) in [5.41, 5.74) is 6.12. The lowest BCUT2D eigenvalue weighted by Gasteiger charge is -2.35. The molecule has 2 fully saturated rings. The number of piperazine rings is 1. The number of nitrogens with zero attached hydrogens (tertiary/aromatic N) is 7. The SMILES string of the molecule is CCn1cc(C(=O)O)c(=O)c2cc(F)c(N3CCN(C(=O)OCc4ccc(NC(=O)[C@H](CCCNC(N)=O)n5cc([C@@H](NC(=O)[C@@H](CC(C)C)NC(=O)CCCCCN6C(=O)CCC6=O)C(C)C)nn5)cc4)CC3)cc21. The highest BCUT2D eigenvalue weighted by molar-refractivity contribution is 6.02. The number of unbranched alkanes of at least 4 members (excludes halogenated alkanes) is 2. The van der Waals surface area contributed by atoms with E-state index in [1.807, 2.05) is 27.7 Å². The molecule has 6 rings (SSSR count). The maximum absolute atomic E-state index is 15.4. The lowest BCUT2D eigenvalue weighted by atomic mass is 9.98. The summed E-state index contributed by atoms with van der Waals surface area (Å²) in [6.07, 6.45) is 5.54. The van der Waals surface area contributed by atoms with E-state index in [2.05, 4.69) is 31.6 Å². The van der Waals surface area contributed by atoms with E-state index in [9.17, 15) is 48.3 Å². The van der Waals surface area contributed by atoms with Crippen LogP contribution in [0.1, 0.15) is 126 Å². The number of benzene rings is 2. The first-order valence-corrected chi connectivity index (χ1v) is 25.8. The number of anilines is 2. The molecule has 23 nitrogen and oxygen atoms in total. The molecule has 0 aliphatic carbocycles.